The molecule has 1 aliphatic carbocycles. The molecular weight excluding hydrogens is 434 g/mol. The van der Waals surface area contributed by atoms with E-state index < -0.39 is 17.4 Å². The van der Waals surface area contributed by atoms with Gasteiger partial charge in [-0.3, -0.25) is 9.59 Å². The summed E-state index contributed by atoms with van der Waals surface area (Å²) in [5.41, 5.74) is -1.04. The third-order valence-corrected chi connectivity index (χ3v) is 6.42. The number of nitrogens with one attached hydrogen (secondary N) is 2. The second-order valence-corrected chi connectivity index (χ2v) is 9.53. The van der Waals surface area contributed by atoms with E-state index in [1.165, 1.54) is 11.8 Å². The zero-order valence-electron chi connectivity index (χ0n) is 19.0. The van der Waals surface area contributed by atoms with Crippen molar-refractivity contribution < 1.29 is 23.5 Å². The number of morpholine rings is 1. The summed E-state index contributed by atoms with van der Waals surface area (Å²) < 4.78 is 10.7. The van der Waals surface area contributed by atoms with Gasteiger partial charge in [-0.25, -0.2) is 4.79 Å². The lowest BCUT2D eigenvalue weighted by molar-refractivity contribution is -0.129. The monoisotopic (exact) mass is 467 g/mol. The number of nitrogens with zero attached hydrogens (tertiary/aromatic N) is 3. The average molecular weight is 468 g/mol. The third-order valence-electron chi connectivity index (χ3n) is 5.91. The molecule has 0 spiro atoms. The van der Waals surface area contributed by atoms with Gasteiger partial charge in [0.1, 0.15) is 5.54 Å². The summed E-state index contributed by atoms with van der Waals surface area (Å²) in [7, 11) is 0. The number of carbonyl (C=O) groups is 3. The van der Waals surface area contributed by atoms with Gasteiger partial charge >= 0.3 is 6.03 Å². The number of rotatable bonds is 8. The summed E-state index contributed by atoms with van der Waals surface area (Å²) in [4.78, 5) is 41.2. The first kappa shape index (κ1) is 24.5. The first-order valence-corrected chi connectivity index (χ1v) is 12.4. The van der Waals surface area contributed by atoms with Gasteiger partial charge in [-0.2, -0.15) is 0 Å². The van der Waals surface area contributed by atoms with Crippen molar-refractivity contribution in [2.75, 3.05) is 32.6 Å². The normalized spacial score (nSPS) is 19.4. The molecule has 2 aliphatic rings. The Hall–Kier alpha value is -2.14. The van der Waals surface area contributed by atoms with E-state index in [9.17, 15) is 14.4 Å². The predicted molar refractivity (Wildman–Crippen MR) is 119 cm³/mol. The van der Waals surface area contributed by atoms with Crippen molar-refractivity contribution >= 4 is 29.5 Å². The lowest BCUT2D eigenvalue weighted by Gasteiger charge is -2.39. The zero-order valence-corrected chi connectivity index (χ0v) is 19.8. The summed E-state index contributed by atoms with van der Waals surface area (Å²) >= 11 is 1.25. The molecule has 11 heteroatoms. The molecule has 2 heterocycles. The number of hydrogen-bond acceptors (Lipinski definition) is 8. The molecule has 1 saturated carbocycles. The fraction of sp³-hybridized carbons (Fsp3) is 0.762. The van der Waals surface area contributed by atoms with Crippen molar-refractivity contribution in [1.29, 1.82) is 0 Å². The van der Waals surface area contributed by atoms with Crippen LogP contribution in [0.15, 0.2) is 9.64 Å². The third kappa shape index (κ3) is 6.00. The maximum absolute atomic E-state index is 13.5. The molecule has 0 bridgehead atoms. The van der Waals surface area contributed by atoms with E-state index in [-0.39, 0.29) is 23.7 Å². The maximum Gasteiger partial charge on any atom is 0.318 e. The molecular formula is C21H33N5O5S. The minimum atomic E-state index is -1.04. The van der Waals surface area contributed by atoms with E-state index in [0.29, 0.717) is 50.8 Å². The highest BCUT2D eigenvalue weighted by Crippen LogP contribution is 2.29. The van der Waals surface area contributed by atoms with Gasteiger partial charge in [0, 0.05) is 13.1 Å². The molecule has 0 aromatic carbocycles. The van der Waals surface area contributed by atoms with E-state index in [1.807, 2.05) is 13.8 Å². The van der Waals surface area contributed by atoms with Gasteiger partial charge in [0.05, 0.1) is 19.3 Å². The predicted octanol–water partition coefficient (Wildman–Crippen LogP) is 2.25. The van der Waals surface area contributed by atoms with Crippen LogP contribution in [-0.4, -0.2) is 77.0 Å². The summed E-state index contributed by atoms with van der Waals surface area (Å²) in [5.74, 6) is -0.708. The Balaban J connectivity index is 1.76. The Kier molecular flexibility index (Phi) is 8.52. The first-order valence-electron chi connectivity index (χ1n) is 11.2. The molecule has 0 radical (unpaired) electrons. The molecule has 32 heavy (non-hydrogen) atoms. The molecule has 1 aromatic heterocycles. The largest absolute Gasteiger partial charge is 0.408 e. The van der Waals surface area contributed by atoms with Gasteiger partial charge in [-0.1, -0.05) is 44.9 Å². The Morgan fingerprint density at radius 3 is 2.41 bits per heavy atom. The summed E-state index contributed by atoms with van der Waals surface area (Å²) in [5, 5.41) is 13.9. The molecule has 1 aliphatic heterocycles. The van der Waals surface area contributed by atoms with Crippen molar-refractivity contribution in [2.45, 2.75) is 69.2 Å². The van der Waals surface area contributed by atoms with Crippen molar-refractivity contribution in [3.63, 3.8) is 0 Å². The number of urea groups is 1. The fourth-order valence-electron chi connectivity index (χ4n) is 4.15. The minimum Gasteiger partial charge on any atom is -0.408 e. The van der Waals surface area contributed by atoms with Crippen molar-refractivity contribution in [2.24, 2.45) is 5.92 Å². The van der Waals surface area contributed by atoms with Crippen LogP contribution in [0.2, 0.25) is 0 Å². The summed E-state index contributed by atoms with van der Waals surface area (Å²) in [6, 6.07) is -1.07. The smallest absolute Gasteiger partial charge is 0.318 e. The average Bonchev–Trinajstić information content (AvgIpc) is 3.28. The Labute approximate surface area is 192 Å². The number of thioether (sulfide) groups is 1. The molecule has 0 unspecified atom stereocenters. The van der Waals surface area contributed by atoms with Crippen LogP contribution in [0.3, 0.4) is 0 Å². The lowest BCUT2D eigenvalue weighted by atomic mass is 9.80. The molecule has 10 nitrogen and oxygen atoms in total. The van der Waals surface area contributed by atoms with Crippen LogP contribution in [-0.2, 0) is 9.53 Å². The molecule has 2 N–H and O–H groups in total. The van der Waals surface area contributed by atoms with Crippen LogP contribution in [0.4, 0.5) is 4.79 Å². The molecule has 178 valence electrons. The standard InChI is InChI=1S/C21H33N5O5S/c1-14(2)13-15(16(27)17-24-25-20(31-17)32-3)22-18(28)21(7-5-4-6-8-21)23-19(29)26-9-11-30-12-10-26/h14-15H,4-13H2,1-3H3,(H,22,28)(H,23,29)/t15-/m0/s1. The quantitative estimate of drug-likeness (QED) is 0.440. The Morgan fingerprint density at radius 2 is 1.81 bits per heavy atom. The SMILES string of the molecule is CSc1nnc(C(=O)[C@H](CC(C)C)NC(=O)C2(NC(=O)N3CCOCC3)CCCCC2)o1. The Morgan fingerprint density at radius 1 is 1.12 bits per heavy atom. The number of ether oxygens (including phenoxy) is 1. The van der Waals surface area contributed by atoms with E-state index >= 15 is 0 Å². The minimum absolute atomic E-state index is 0.115. The lowest BCUT2D eigenvalue weighted by Crippen LogP contribution is -2.64. The van der Waals surface area contributed by atoms with E-state index in [0.717, 1.165) is 19.3 Å². The second kappa shape index (κ2) is 11.1. The highest BCUT2D eigenvalue weighted by atomic mass is 32.2. The van der Waals surface area contributed by atoms with Gasteiger partial charge in [0.25, 0.3) is 11.1 Å². The Bertz CT molecular complexity index is 802. The number of Topliss-reactive ketones (excluding diaryl/α,β-unsaturated/α-hetero) is 1. The number of amides is 3. The van der Waals surface area contributed by atoms with Crippen LogP contribution in [0.5, 0.6) is 0 Å². The molecule has 1 aromatic rings. The highest BCUT2D eigenvalue weighted by Gasteiger charge is 2.43. The maximum atomic E-state index is 13.5. The van der Waals surface area contributed by atoms with E-state index in [4.69, 9.17) is 9.15 Å². The molecule has 3 amide bonds. The van der Waals surface area contributed by atoms with Gasteiger partial charge < -0.3 is 24.7 Å². The van der Waals surface area contributed by atoms with Crippen molar-refractivity contribution in [3.05, 3.63) is 5.89 Å². The van der Waals surface area contributed by atoms with Crippen LogP contribution in [0, 0.1) is 5.92 Å². The summed E-state index contributed by atoms with van der Waals surface area (Å²) in [6.07, 6.45) is 5.95. The van der Waals surface area contributed by atoms with Gasteiger partial charge in [-0.05, 0) is 31.4 Å². The van der Waals surface area contributed by atoms with Gasteiger partial charge in [0.2, 0.25) is 11.7 Å². The van der Waals surface area contributed by atoms with Gasteiger partial charge in [0.15, 0.2) is 0 Å². The highest BCUT2D eigenvalue weighted by molar-refractivity contribution is 7.98. The zero-order chi connectivity index (χ0) is 23.1. The summed E-state index contributed by atoms with van der Waals surface area (Å²) in [6.45, 7) is 5.91. The molecule has 2 fully saturated rings. The van der Waals surface area contributed by atoms with Crippen molar-refractivity contribution in [1.82, 2.24) is 25.7 Å². The van der Waals surface area contributed by atoms with E-state index in [2.05, 4.69) is 20.8 Å². The number of aromatic nitrogens is 2. The fourth-order valence-corrected chi connectivity index (χ4v) is 4.44. The number of hydrogen-bond donors (Lipinski definition) is 2. The van der Waals surface area contributed by atoms with Crippen LogP contribution < -0.4 is 10.6 Å². The van der Waals surface area contributed by atoms with Crippen molar-refractivity contribution in [3.8, 4) is 0 Å². The van der Waals surface area contributed by atoms with Gasteiger partial charge in [-0.15, -0.1) is 10.2 Å². The molecule has 3 rings (SSSR count). The van der Waals surface area contributed by atoms with E-state index in [1.54, 1.807) is 11.2 Å². The van der Waals surface area contributed by atoms with Crippen LogP contribution >= 0.6 is 11.8 Å². The number of carbonyl (C=O) groups excluding carboxylic acids is 3. The van der Waals surface area contributed by atoms with Crippen LogP contribution in [0.25, 0.3) is 0 Å². The number of ketones is 1. The second-order valence-electron chi connectivity index (χ2n) is 8.77. The molecule has 1 atom stereocenters. The van der Waals surface area contributed by atoms with Crippen LogP contribution in [0.1, 0.15) is 63.1 Å². The first-order chi connectivity index (χ1) is 15.3. The topological polar surface area (TPSA) is 127 Å². The molecule has 1 saturated heterocycles.